The standard InChI is InChI=1S/C13H19NO4/c1-9-7-10(17-3)8-11(18-4)13(9)14(2)6-5-12(15)16/h7-8H,5-6H2,1-4H3,(H,15,16). The zero-order valence-electron chi connectivity index (χ0n) is 11.2. The summed E-state index contributed by atoms with van der Waals surface area (Å²) in [6.07, 6.45) is 0.0884. The highest BCUT2D eigenvalue weighted by Crippen LogP contribution is 2.35. The number of nitrogens with zero attached hydrogens (tertiary/aromatic N) is 1. The Morgan fingerprint density at radius 2 is 2.00 bits per heavy atom. The molecule has 0 aliphatic heterocycles. The Bertz CT molecular complexity index is 431. The monoisotopic (exact) mass is 253 g/mol. The number of anilines is 1. The molecule has 0 saturated carbocycles. The Kier molecular flexibility index (Phi) is 4.83. The van der Waals surface area contributed by atoms with Gasteiger partial charge >= 0.3 is 5.97 Å². The third-order valence-corrected chi connectivity index (χ3v) is 2.74. The van der Waals surface area contributed by atoms with Crippen LogP contribution < -0.4 is 14.4 Å². The zero-order chi connectivity index (χ0) is 13.7. The molecule has 18 heavy (non-hydrogen) atoms. The second-order valence-electron chi connectivity index (χ2n) is 4.06. The van der Waals surface area contributed by atoms with Crippen LogP contribution >= 0.6 is 0 Å². The number of aryl methyl sites for hydroxylation is 1. The fourth-order valence-corrected chi connectivity index (χ4v) is 1.85. The summed E-state index contributed by atoms with van der Waals surface area (Å²) in [5.74, 6) is 0.589. The Hall–Kier alpha value is -1.91. The third kappa shape index (κ3) is 3.29. The molecule has 5 heteroatoms. The quantitative estimate of drug-likeness (QED) is 0.839. The van der Waals surface area contributed by atoms with Crippen molar-refractivity contribution in [3.8, 4) is 11.5 Å². The second-order valence-corrected chi connectivity index (χ2v) is 4.06. The van der Waals surface area contributed by atoms with E-state index in [4.69, 9.17) is 14.6 Å². The summed E-state index contributed by atoms with van der Waals surface area (Å²) in [6, 6.07) is 3.69. The van der Waals surface area contributed by atoms with Crippen molar-refractivity contribution in [1.29, 1.82) is 0 Å². The number of hydrogen-bond acceptors (Lipinski definition) is 4. The van der Waals surface area contributed by atoms with Gasteiger partial charge in [-0.3, -0.25) is 4.79 Å². The molecule has 0 fully saturated rings. The molecule has 0 aliphatic rings. The summed E-state index contributed by atoms with van der Waals surface area (Å²) >= 11 is 0. The molecule has 0 aliphatic carbocycles. The van der Waals surface area contributed by atoms with Crippen LogP contribution in [0.3, 0.4) is 0 Å². The van der Waals surface area contributed by atoms with E-state index in [1.54, 1.807) is 20.3 Å². The molecule has 1 aromatic rings. The largest absolute Gasteiger partial charge is 0.497 e. The minimum Gasteiger partial charge on any atom is -0.497 e. The number of rotatable bonds is 6. The number of carboxylic acids is 1. The molecule has 1 N–H and O–H groups in total. The van der Waals surface area contributed by atoms with Gasteiger partial charge in [0.15, 0.2) is 0 Å². The van der Waals surface area contributed by atoms with Crippen LogP contribution in [-0.2, 0) is 4.79 Å². The summed E-state index contributed by atoms with van der Waals surface area (Å²) in [5, 5.41) is 8.71. The fourth-order valence-electron chi connectivity index (χ4n) is 1.85. The molecule has 0 bridgehead atoms. The van der Waals surface area contributed by atoms with Crippen LogP contribution in [0.1, 0.15) is 12.0 Å². The van der Waals surface area contributed by atoms with Gasteiger partial charge in [-0.2, -0.15) is 0 Å². The summed E-state index contributed by atoms with van der Waals surface area (Å²) in [6.45, 7) is 2.37. The molecule has 0 unspecified atom stereocenters. The lowest BCUT2D eigenvalue weighted by Crippen LogP contribution is -2.22. The van der Waals surface area contributed by atoms with Crippen molar-refractivity contribution < 1.29 is 19.4 Å². The average Bonchev–Trinajstić information content (AvgIpc) is 2.34. The van der Waals surface area contributed by atoms with Gasteiger partial charge in [0.2, 0.25) is 0 Å². The molecule has 0 radical (unpaired) electrons. The maximum Gasteiger partial charge on any atom is 0.305 e. The predicted octanol–water partition coefficient (Wildman–Crippen LogP) is 1.92. The van der Waals surface area contributed by atoms with Crippen molar-refractivity contribution in [3.05, 3.63) is 17.7 Å². The second kappa shape index (κ2) is 6.14. The van der Waals surface area contributed by atoms with Crippen molar-refractivity contribution >= 4 is 11.7 Å². The maximum atomic E-state index is 10.6. The molecule has 0 heterocycles. The minimum atomic E-state index is -0.813. The molecule has 0 atom stereocenters. The van der Waals surface area contributed by atoms with E-state index in [0.29, 0.717) is 12.3 Å². The SMILES string of the molecule is COc1cc(C)c(N(C)CCC(=O)O)c(OC)c1. The molecule has 0 aromatic heterocycles. The molecule has 1 rings (SSSR count). The first-order valence-corrected chi connectivity index (χ1v) is 5.65. The average molecular weight is 253 g/mol. The lowest BCUT2D eigenvalue weighted by molar-refractivity contribution is -0.136. The van der Waals surface area contributed by atoms with Gasteiger partial charge in [-0.1, -0.05) is 0 Å². The van der Waals surface area contributed by atoms with Gasteiger partial charge in [0.1, 0.15) is 11.5 Å². The van der Waals surface area contributed by atoms with Crippen LogP contribution in [0.5, 0.6) is 11.5 Å². The first kappa shape index (κ1) is 14.2. The third-order valence-electron chi connectivity index (χ3n) is 2.74. The fraction of sp³-hybridized carbons (Fsp3) is 0.462. The molecular weight excluding hydrogens is 234 g/mol. The van der Waals surface area contributed by atoms with E-state index in [9.17, 15) is 4.79 Å². The van der Waals surface area contributed by atoms with Crippen molar-refractivity contribution in [2.75, 3.05) is 32.7 Å². The van der Waals surface area contributed by atoms with Crippen LogP contribution in [0.2, 0.25) is 0 Å². The maximum absolute atomic E-state index is 10.6. The van der Waals surface area contributed by atoms with Gasteiger partial charge in [-0.05, 0) is 18.6 Å². The Balaban J connectivity index is 3.02. The van der Waals surface area contributed by atoms with Crippen LogP contribution in [-0.4, -0.2) is 38.9 Å². The highest BCUT2D eigenvalue weighted by molar-refractivity contribution is 5.69. The number of carboxylic acid groups (broad SMARTS) is 1. The van der Waals surface area contributed by atoms with Gasteiger partial charge in [0.05, 0.1) is 26.3 Å². The molecule has 1 aromatic carbocycles. The van der Waals surface area contributed by atoms with Gasteiger partial charge in [-0.25, -0.2) is 0 Å². The van der Waals surface area contributed by atoms with Crippen LogP contribution in [0.15, 0.2) is 12.1 Å². The van der Waals surface area contributed by atoms with Gasteiger partial charge in [-0.15, -0.1) is 0 Å². The number of aliphatic carboxylic acids is 1. The summed E-state index contributed by atoms with van der Waals surface area (Å²) in [5.41, 5.74) is 1.87. The molecule has 0 amide bonds. The summed E-state index contributed by atoms with van der Waals surface area (Å²) in [7, 11) is 5.03. The first-order valence-electron chi connectivity index (χ1n) is 5.65. The lowest BCUT2D eigenvalue weighted by Gasteiger charge is -2.23. The minimum absolute atomic E-state index is 0.0884. The number of carbonyl (C=O) groups is 1. The first-order chi connectivity index (χ1) is 8.49. The number of ether oxygens (including phenoxy) is 2. The van der Waals surface area contributed by atoms with E-state index in [0.717, 1.165) is 17.0 Å². The molecular formula is C13H19NO4. The van der Waals surface area contributed by atoms with E-state index >= 15 is 0 Å². The van der Waals surface area contributed by atoms with Crippen molar-refractivity contribution in [1.82, 2.24) is 0 Å². The summed E-state index contributed by atoms with van der Waals surface area (Å²) in [4.78, 5) is 12.5. The molecule has 0 saturated heterocycles. The number of hydrogen-bond donors (Lipinski definition) is 1. The Morgan fingerprint density at radius 3 is 2.50 bits per heavy atom. The van der Waals surface area contributed by atoms with Crippen molar-refractivity contribution in [2.24, 2.45) is 0 Å². The molecule has 100 valence electrons. The van der Waals surface area contributed by atoms with E-state index in [-0.39, 0.29) is 6.42 Å². The van der Waals surface area contributed by atoms with Gasteiger partial charge < -0.3 is 19.5 Å². The summed E-state index contributed by atoms with van der Waals surface area (Å²) < 4.78 is 10.5. The predicted molar refractivity (Wildman–Crippen MR) is 69.8 cm³/mol. The van der Waals surface area contributed by atoms with Crippen molar-refractivity contribution in [3.63, 3.8) is 0 Å². The Labute approximate surface area is 107 Å². The normalized spacial score (nSPS) is 10.0. The molecule has 5 nitrogen and oxygen atoms in total. The van der Waals surface area contributed by atoms with E-state index in [2.05, 4.69) is 0 Å². The lowest BCUT2D eigenvalue weighted by atomic mass is 10.1. The van der Waals surface area contributed by atoms with Crippen LogP contribution in [0, 0.1) is 6.92 Å². The van der Waals surface area contributed by atoms with Crippen molar-refractivity contribution in [2.45, 2.75) is 13.3 Å². The number of methoxy groups -OCH3 is 2. The van der Waals surface area contributed by atoms with Crippen LogP contribution in [0.25, 0.3) is 0 Å². The smallest absolute Gasteiger partial charge is 0.305 e. The van der Waals surface area contributed by atoms with Gasteiger partial charge in [0.25, 0.3) is 0 Å². The zero-order valence-corrected chi connectivity index (χ0v) is 11.2. The van der Waals surface area contributed by atoms with E-state index in [1.807, 2.05) is 24.9 Å². The van der Waals surface area contributed by atoms with E-state index in [1.165, 1.54) is 0 Å². The Morgan fingerprint density at radius 1 is 1.33 bits per heavy atom. The highest BCUT2D eigenvalue weighted by atomic mass is 16.5. The highest BCUT2D eigenvalue weighted by Gasteiger charge is 2.14. The van der Waals surface area contributed by atoms with Crippen LogP contribution in [0.4, 0.5) is 5.69 Å². The van der Waals surface area contributed by atoms with E-state index < -0.39 is 5.97 Å². The topological polar surface area (TPSA) is 59.0 Å². The van der Waals surface area contributed by atoms with Gasteiger partial charge in [0, 0.05) is 19.7 Å². The molecule has 0 spiro atoms. The number of benzene rings is 1.